The third-order valence-corrected chi connectivity index (χ3v) is 3.89. The van der Waals surface area contributed by atoms with E-state index in [-0.39, 0.29) is 25.9 Å². The van der Waals surface area contributed by atoms with Gasteiger partial charge in [0.2, 0.25) is 0 Å². The van der Waals surface area contributed by atoms with Gasteiger partial charge in [0.25, 0.3) is 0 Å². The van der Waals surface area contributed by atoms with Gasteiger partial charge in [0, 0.05) is 12.5 Å². The predicted octanol–water partition coefficient (Wildman–Crippen LogP) is 0.566. The Morgan fingerprint density at radius 1 is 1.15 bits per heavy atom. The molecule has 0 aromatic heterocycles. The van der Waals surface area contributed by atoms with Crippen LogP contribution in [0.25, 0.3) is 0 Å². The second-order valence-corrected chi connectivity index (χ2v) is 4.88. The van der Waals surface area contributed by atoms with Crippen LogP contribution >= 0.6 is 0 Å². The first-order valence-corrected chi connectivity index (χ1v) is 6.28. The van der Waals surface area contributed by atoms with Gasteiger partial charge in [-0.15, -0.1) is 0 Å². The van der Waals surface area contributed by atoms with Gasteiger partial charge in [0.1, 0.15) is 5.41 Å². The van der Waals surface area contributed by atoms with E-state index in [2.05, 4.69) is 6.58 Å². The van der Waals surface area contributed by atoms with E-state index in [1.807, 2.05) is 0 Å². The highest BCUT2D eigenvalue weighted by molar-refractivity contribution is 5.89. The summed E-state index contributed by atoms with van der Waals surface area (Å²) in [5.41, 5.74) is -4.20. The van der Waals surface area contributed by atoms with Crippen LogP contribution in [0.4, 0.5) is 0 Å². The van der Waals surface area contributed by atoms with Crippen molar-refractivity contribution in [1.29, 1.82) is 0 Å². The van der Waals surface area contributed by atoms with Crippen LogP contribution in [-0.4, -0.2) is 45.4 Å². The van der Waals surface area contributed by atoms with Crippen LogP contribution in [-0.2, 0) is 19.1 Å². The van der Waals surface area contributed by atoms with Crippen LogP contribution in [0.3, 0.4) is 0 Å². The number of aliphatic hydroxyl groups is 1. The Morgan fingerprint density at radius 2 is 1.75 bits per heavy atom. The molecule has 0 radical (unpaired) electrons. The van der Waals surface area contributed by atoms with E-state index >= 15 is 0 Å². The van der Waals surface area contributed by atoms with E-state index in [4.69, 9.17) is 4.74 Å². The van der Waals surface area contributed by atoms with E-state index in [0.29, 0.717) is 12.8 Å². The summed E-state index contributed by atoms with van der Waals surface area (Å²) in [4.78, 5) is 33.8. The molecule has 1 aliphatic rings. The van der Waals surface area contributed by atoms with Gasteiger partial charge in [0.15, 0.2) is 5.60 Å². The lowest BCUT2D eigenvalue weighted by molar-refractivity contribution is -0.199. The molecule has 0 amide bonds. The number of carbonyl (C=O) groups is 3. The molecular weight excluding hydrogens is 268 g/mol. The summed E-state index contributed by atoms with van der Waals surface area (Å²) in [6, 6.07) is 0. The van der Waals surface area contributed by atoms with E-state index in [0.717, 1.165) is 6.08 Å². The minimum absolute atomic E-state index is 0.0246. The van der Waals surface area contributed by atoms with E-state index in [1.54, 1.807) is 0 Å². The molecule has 3 N–H and O–H groups in total. The monoisotopic (exact) mass is 286 g/mol. The predicted molar refractivity (Wildman–Crippen MR) is 66.9 cm³/mol. The molecule has 1 fully saturated rings. The van der Waals surface area contributed by atoms with Crippen molar-refractivity contribution in [3.05, 3.63) is 12.7 Å². The SMILES string of the molecule is C=CC(=O)OCCC1(C(=O)O)CCCCC1(O)C(=O)O. The van der Waals surface area contributed by atoms with Crippen LogP contribution in [0.2, 0.25) is 0 Å². The number of aliphatic carboxylic acids is 2. The van der Waals surface area contributed by atoms with Crippen molar-refractivity contribution in [1.82, 2.24) is 0 Å². The van der Waals surface area contributed by atoms with Gasteiger partial charge in [-0.25, -0.2) is 9.59 Å². The molecular formula is C13H18O7. The molecule has 0 aliphatic heterocycles. The maximum absolute atomic E-state index is 11.6. The first-order valence-electron chi connectivity index (χ1n) is 6.28. The van der Waals surface area contributed by atoms with Crippen LogP contribution in [0.5, 0.6) is 0 Å². The summed E-state index contributed by atoms with van der Waals surface area (Å²) in [7, 11) is 0. The Bertz CT molecular complexity index is 430. The normalized spacial score (nSPS) is 29.4. The standard InChI is InChI=1S/C13H18O7/c1-2-9(14)20-8-7-12(10(15)16)5-3-4-6-13(12,19)11(17)18/h2,19H,1,3-8H2,(H,15,16)(H,17,18). The molecule has 112 valence electrons. The molecule has 7 heteroatoms. The highest BCUT2D eigenvalue weighted by Gasteiger charge is 2.61. The first kappa shape index (κ1) is 16.2. The number of hydrogen-bond acceptors (Lipinski definition) is 5. The molecule has 0 aromatic carbocycles. The second-order valence-electron chi connectivity index (χ2n) is 4.88. The lowest BCUT2D eigenvalue weighted by Gasteiger charge is -2.44. The Hall–Kier alpha value is -1.89. The number of esters is 1. The molecule has 7 nitrogen and oxygen atoms in total. The summed E-state index contributed by atoms with van der Waals surface area (Å²) in [5, 5.41) is 28.9. The Labute approximate surface area is 115 Å². The molecule has 1 saturated carbocycles. The summed E-state index contributed by atoms with van der Waals surface area (Å²) in [6.45, 7) is 2.92. The van der Waals surface area contributed by atoms with Gasteiger partial charge in [-0.3, -0.25) is 4.79 Å². The summed E-state index contributed by atoms with van der Waals surface area (Å²) < 4.78 is 4.72. The molecule has 20 heavy (non-hydrogen) atoms. The Kier molecular flexibility index (Phi) is 4.88. The lowest BCUT2D eigenvalue weighted by atomic mass is 9.61. The van der Waals surface area contributed by atoms with Crippen molar-refractivity contribution in [2.45, 2.75) is 37.7 Å². The average molecular weight is 286 g/mol. The van der Waals surface area contributed by atoms with Crippen molar-refractivity contribution < 1.29 is 34.4 Å². The van der Waals surface area contributed by atoms with E-state index in [9.17, 15) is 29.7 Å². The quantitative estimate of drug-likeness (QED) is 0.482. The molecule has 0 heterocycles. The number of carboxylic acids is 2. The van der Waals surface area contributed by atoms with Crippen molar-refractivity contribution in [3.8, 4) is 0 Å². The topological polar surface area (TPSA) is 121 Å². The van der Waals surface area contributed by atoms with Gasteiger partial charge in [-0.2, -0.15) is 0 Å². The number of hydrogen-bond donors (Lipinski definition) is 3. The molecule has 1 rings (SSSR count). The Morgan fingerprint density at radius 3 is 2.25 bits per heavy atom. The maximum Gasteiger partial charge on any atom is 0.336 e. The van der Waals surface area contributed by atoms with Gasteiger partial charge >= 0.3 is 17.9 Å². The van der Waals surface area contributed by atoms with Crippen LogP contribution in [0.1, 0.15) is 32.1 Å². The zero-order valence-electron chi connectivity index (χ0n) is 11.0. The molecule has 0 spiro atoms. The smallest absolute Gasteiger partial charge is 0.336 e. The Balaban J connectivity index is 2.99. The van der Waals surface area contributed by atoms with Gasteiger partial charge in [-0.1, -0.05) is 13.0 Å². The van der Waals surface area contributed by atoms with E-state index < -0.39 is 28.9 Å². The summed E-state index contributed by atoms with van der Waals surface area (Å²) in [6.07, 6.45) is 1.49. The van der Waals surface area contributed by atoms with Crippen molar-refractivity contribution in [2.75, 3.05) is 6.61 Å². The largest absolute Gasteiger partial charge is 0.481 e. The fourth-order valence-electron chi connectivity index (χ4n) is 2.67. The maximum atomic E-state index is 11.6. The highest BCUT2D eigenvalue weighted by atomic mass is 16.5. The van der Waals surface area contributed by atoms with Gasteiger partial charge in [0.05, 0.1) is 6.61 Å². The minimum atomic E-state index is -2.35. The van der Waals surface area contributed by atoms with Crippen molar-refractivity contribution >= 4 is 17.9 Å². The average Bonchev–Trinajstić information content (AvgIpc) is 2.40. The number of rotatable bonds is 6. The highest BCUT2D eigenvalue weighted by Crippen LogP contribution is 2.47. The third kappa shape index (κ3) is 2.67. The number of ether oxygens (including phenoxy) is 1. The fraction of sp³-hybridized carbons (Fsp3) is 0.615. The molecule has 0 bridgehead atoms. The lowest BCUT2D eigenvalue weighted by Crippen LogP contribution is -2.60. The second kappa shape index (κ2) is 6.04. The van der Waals surface area contributed by atoms with Crippen LogP contribution in [0, 0.1) is 5.41 Å². The summed E-state index contributed by atoms with van der Waals surface area (Å²) in [5.74, 6) is -3.67. The van der Waals surface area contributed by atoms with Crippen LogP contribution in [0.15, 0.2) is 12.7 Å². The van der Waals surface area contributed by atoms with E-state index in [1.165, 1.54) is 0 Å². The summed E-state index contributed by atoms with van der Waals surface area (Å²) >= 11 is 0. The first-order chi connectivity index (χ1) is 9.30. The minimum Gasteiger partial charge on any atom is -0.481 e. The fourth-order valence-corrected chi connectivity index (χ4v) is 2.67. The zero-order valence-corrected chi connectivity index (χ0v) is 11.0. The molecule has 2 atom stereocenters. The number of carbonyl (C=O) groups excluding carboxylic acids is 1. The third-order valence-electron chi connectivity index (χ3n) is 3.89. The van der Waals surface area contributed by atoms with Crippen molar-refractivity contribution in [3.63, 3.8) is 0 Å². The molecule has 1 aliphatic carbocycles. The van der Waals surface area contributed by atoms with Gasteiger partial charge in [-0.05, 0) is 19.3 Å². The number of carboxylic acid groups (broad SMARTS) is 2. The molecule has 2 unspecified atom stereocenters. The molecule has 0 aromatic rings. The van der Waals surface area contributed by atoms with Gasteiger partial charge < -0.3 is 20.1 Å². The van der Waals surface area contributed by atoms with Crippen LogP contribution < -0.4 is 0 Å². The zero-order chi connectivity index (χ0) is 15.4. The van der Waals surface area contributed by atoms with Crippen molar-refractivity contribution in [2.24, 2.45) is 5.41 Å². The molecule has 0 saturated heterocycles.